The molecule has 0 spiro atoms. The molecule has 6 nitrogen and oxygen atoms in total. The van der Waals surface area contributed by atoms with E-state index in [1.165, 1.54) is 23.5 Å². The molecule has 1 aromatic carbocycles. The molecule has 3 heterocycles. The van der Waals surface area contributed by atoms with Gasteiger partial charge in [0.25, 0.3) is 5.91 Å². The summed E-state index contributed by atoms with van der Waals surface area (Å²) in [5, 5.41) is 5.58. The van der Waals surface area contributed by atoms with Crippen molar-refractivity contribution in [1.82, 2.24) is 19.6 Å². The van der Waals surface area contributed by atoms with E-state index < -0.39 is 0 Å². The van der Waals surface area contributed by atoms with Crippen LogP contribution in [0.5, 0.6) is 0 Å². The molecule has 8 heteroatoms. The Labute approximate surface area is 184 Å². The number of carbonyl (C=O) groups is 2. The zero-order valence-corrected chi connectivity index (χ0v) is 18.3. The number of nitrogens with zero attached hydrogens (tertiary/aromatic N) is 4. The highest BCUT2D eigenvalue weighted by atomic mass is 32.1. The summed E-state index contributed by atoms with van der Waals surface area (Å²) >= 11 is 1.45. The van der Waals surface area contributed by atoms with Gasteiger partial charge in [0.1, 0.15) is 10.6 Å². The summed E-state index contributed by atoms with van der Waals surface area (Å²) in [4.78, 5) is 31.0. The fourth-order valence-electron chi connectivity index (χ4n) is 4.29. The second kappa shape index (κ2) is 8.07. The molecule has 2 aromatic heterocycles. The van der Waals surface area contributed by atoms with Gasteiger partial charge in [-0.15, -0.1) is 11.3 Å². The van der Waals surface area contributed by atoms with Crippen LogP contribution in [0.15, 0.2) is 30.3 Å². The number of halogens is 1. The molecule has 2 fully saturated rings. The van der Waals surface area contributed by atoms with Gasteiger partial charge < -0.3 is 9.80 Å². The van der Waals surface area contributed by atoms with Crippen LogP contribution < -0.4 is 0 Å². The van der Waals surface area contributed by atoms with E-state index in [9.17, 15) is 14.0 Å². The van der Waals surface area contributed by atoms with Crippen molar-refractivity contribution in [3.63, 3.8) is 0 Å². The van der Waals surface area contributed by atoms with Crippen LogP contribution in [0, 0.1) is 18.7 Å². The molecule has 1 aliphatic heterocycles. The van der Waals surface area contributed by atoms with E-state index in [0.29, 0.717) is 37.6 Å². The highest BCUT2D eigenvalue weighted by molar-refractivity contribution is 7.20. The lowest BCUT2D eigenvalue weighted by Crippen LogP contribution is -2.52. The molecule has 31 heavy (non-hydrogen) atoms. The number of aryl methyl sites for hydroxylation is 1. The number of amides is 2. The van der Waals surface area contributed by atoms with Crippen molar-refractivity contribution in [3.8, 4) is 0 Å². The van der Waals surface area contributed by atoms with Crippen LogP contribution in [0.3, 0.4) is 0 Å². The molecule has 0 bridgehead atoms. The Kier molecular flexibility index (Phi) is 5.25. The van der Waals surface area contributed by atoms with E-state index in [4.69, 9.17) is 0 Å². The van der Waals surface area contributed by atoms with Crippen LogP contribution in [-0.2, 0) is 11.3 Å². The Morgan fingerprint density at radius 2 is 1.77 bits per heavy atom. The number of hydrogen-bond donors (Lipinski definition) is 0. The number of thiophene rings is 1. The molecule has 1 saturated carbocycles. The fraction of sp³-hybridized carbons (Fsp3) is 0.435. The van der Waals surface area contributed by atoms with Gasteiger partial charge in [-0.05, 0) is 43.5 Å². The van der Waals surface area contributed by atoms with Gasteiger partial charge in [0.2, 0.25) is 5.91 Å². The predicted octanol–water partition coefficient (Wildman–Crippen LogP) is 3.68. The highest BCUT2D eigenvalue weighted by Gasteiger charge is 2.32. The smallest absolute Gasteiger partial charge is 0.264 e. The first-order valence-corrected chi connectivity index (χ1v) is 11.6. The van der Waals surface area contributed by atoms with E-state index in [2.05, 4.69) is 5.10 Å². The molecule has 1 aliphatic carbocycles. The van der Waals surface area contributed by atoms with Gasteiger partial charge in [-0.25, -0.2) is 4.39 Å². The Morgan fingerprint density at radius 1 is 1.10 bits per heavy atom. The first-order chi connectivity index (χ1) is 15.0. The molecular weight excluding hydrogens is 415 g/mol. The van der Waals surface area contributed by atoms with Gasteiger partial charge in [0.15, 0.2) is 0 Å². The number of aromatic nitrogens is 2. The van der Waals surface area contributed by atoms with E-state index in [-0.39, 0.29) is 23.5 Å². The summed E-state index contributed by atoms with van der Waals surface area (Å²) in [5.74, 6) is 0.224. The molecule has 2 amide bonds. The normalized spacial score (nSPS) is 17.2. The maximum atomic E-state index is 13.2. The van der Waals surface area contributed by atoms with Crippen molar-refractivity contribution in [2.75, 3.05) is 26.2 Å². The number of carbonyl (C=O) groups excluding carboxylic acids is 2. The molecule has 3 aromatic rings. The van der Waals surface area contributed by atoms with Gasteiger partial charge in [-0.3, -0.25) is 14.3 Å². The van der Waals surface area contributed by atoms with E-state index >= 15 is 0 Å². The average Bonchev–Trinajstić information content (AvgIpc) is 3.29. The molecule has 0 N–H and O–H groups in total. The number of rotatable bonds is 4. The molecule has 0 unspecified atom stereocenters. The summed E-state index contributed by atoms with van der Waals surface area (Å²) in [6.07, 6.45) is 3.17. The highest BCUT2D eigenvalue weighted by Crippen LogP contribution is 2.31. The lowest BCUT2D eigenvalue weighted by atomic mass is 9.84. The number of benzene rings is 1. The Balaban J connectivity index is 1.29. The number of fused-ring (bicyclic) bond motifs is 1. The molecular formula is C23H25FN4O2S. The molecule has 5 rings (SSSR count). The summed E-state index contributed by atoms with van der Waals surface area (Å²) in [7, 11) is 0. The molecule has 162 valence electrons. The third-order valence-electron chi connectivity index (χ3n) is 6.40. The van der Waals surface area contributed by atoms with Crippen molar-refractivity contribution in [1.29, 1.82) is 0 Å². The van der Waals surface area contributed by atoms with Gasteiger partial charge in [0, 0.05) is 37.5 Å². The summed E-state index contributed by atoms with van der Waals surface area (Å²) in [6.45, 7) is 4.85. The Hall–Kier alpha value is -2.74. The molecule has 0 atom stereocenters. The lowest BCUT2D eigenvalue weighted by molar-refractivity contribution is -0.139. The second-order valence-corrected chi connectivity index (χ2v) is 9.47. The fourth-order valence-corrected chi connectivity index (χ4v) is 5.42. The summed E-state index contributed by atoms with van der Waals surface area (Å²) in [5.41, 5.74) is 1.84. The van der Waals surface area contributed by atoms with Crippen molar-refractivity contribution in [3.05, 3.63) is 52.3 Å². The van der Waals surface area contributed by atoms with Crippen molar-refractivity contribution in [2.45, 2.75) is 32.7 Å². The van der Waals surface area contributed by atoms with Crippen molar-refractivity contribution in [2.24, 2.45) is 5.92 Å². The number of hydrogen-bond acceptors (Lipinski definition) is 4. The van der Waals surface area contributed by atoms with E-state index in [1.807, 2.05) is 27.5 Å². The van der Waals surface area contributed by atoms with Gasteiger partial charge in [-0.1, -0.05) is 18.6 Å². The minimum atomic E-state index is -0.260. The first kappa shape index (κ1) is 20.2. The zero-order chi connectivity index (χ0) is 21.5. The third-order valence-corrected chi connectivity index (χ3v) is 7.53. The zero-order valence-electron chi connectivity index (χ0n) is 17.5. The van der Waals surface area contributed by atoms with Gasteiger partial charge >= 0.3 is 0 Å². The summed E-state index contributed by atoms with van der Waals surface area (Å²) in [6, 6.07) is 8.32. The van der Waals surface area contributed by atoms with Gasteiger partial charge in [0.05, 0.1) is 17.1 Å². The Morgan fingerprint density at radius 3 is 2.42 bits per heavy atom. The molecule has 0 radical (unpaired) electrons. The van der Waals surface area contributed by atoms with Crippen molar-refractivity contribution < 1.29 is 14.0 Å². The quantitative estimate of drug-likeness (QED) is 0.622. The van der Waals surface area contributed by atoms with Crippen molar-refractivity contribution >= 4 is 33.4 Å². The maximum absolute atomic E-state index is 13.2. The van der Waals surface area contributed by atoms with E-state index in [1.54, 1.807) is 12.1 Å². The average molecular weight is 441 g/mol. The van der Waals surface area contributed by atoms with Crippen LogP contribution in [-0.4, -0.2) is 57.6 Å². The monoisotopic (exact) mass is 440 g/mol. The van der Waals surface area contributed by atoms with Crippen LogP contribution in [0.4, 0.5) is 4.39 Å². The second-order valence-electron chi connectivity index (χ2n) is 8.44. The van der Waals surface area contributed by atoms with Crippen LogP contribution in [0.2, 0.25) is 0 Å². The topological polar surface area (TPSA) is 58.4 Å². The Bertz CT molecular complexity index is 1120. The molecule has 2 aliphatic rings. The lowest BCUT2D eigenvalue weighted by Gasteiger charge is -2.38. The largest absolute Gasteiger partial charge is 0.339 e. The number of piperazine rings is 1. The SMILES string of the molecule is Cc1nn(Cc2ccc(F)cc2)c2sc(C(=O)N3CCN(C(=O)C4CCC4)CC3)cc12. The first-order valence-electron chi connectivity index (χ1n) is 10.8. The predicted molar refractivity (Wildman–Crippen MR) is 118 cm³/mol. The molecule has 1 saturated heterocycles. The third kappa shape index (κ3) is 3.84. The minimum Gasteiger partial charge on any atom is -0.339 e. The van der Waals surface area contributed by atoms with Gasteiger partial charge in [-0.2, -0.15) is 5.10 Å². The summed E-state index contributed by atoms with van der Waals surface area (Å²) < 4.78 is 15.1. The van der Waals surface area contributed by atoms with Crippen LogP contribution in [0.1, 0.15) is 40.2 Å². The standard InChI is InChI=1S/C23H25FN4O2S/c1-15-19-13-20(31-23(19)28(25-15)14-16-5-7-18(24)8-6-16)22(30)27-11-9-26(10-12-27)21(29)17-3-2-4-17/h5-8,13,17H,2-4,9-12,14H2,1H3. The maximum Gasteiger partial charge on any atom is 0.264 e. The van der Waals surface area contributed by atoms with Crippen LogP contribution in [0.25, 0.3) is 10.2 Å². The van der Waals surface area contributed by atoms with Crippen LogP contribution >= 0.6 is 11.3 Å². The minimum absolute atomic E-state index is 0.0182. The van der Waals surface area contributed by atoms with E-state index in [0.717, 1.165) is 40.7 Å².